The summed E-state index contributed by atoms with van der Waals surface area (Å²) in [5.41, 5.74) is 0. The number of carbonyl (C=O) groups is 1. The van der Waals surface area contributed by atoms with Crippen LogP contribution in [0.5, 0.6) is 0 Å². The van der Waals surface area contributed by atoms with E-state index in [1.54, 1.807) is 6.92 Å². The van der Waals surface area contributed by atoms with E-state index in [4.69, 9.17) is 4.43 Å². The third-order valence-corrected chi connectivity index (χ3v) is 7.48. The van der Waals surface area contributed by atoms with E-state index in [2.05, 4.69) is 38.6 Å². The third-order valence-electron chi connectivity index (χ3n) is 2.98. The molecule has 0 unspecified atom stereocenters. The highest BCUT2D eigenvalue weighted by Gasteiger charge is 2.36. The molecule has 0 spiro atoms. The quantitative estimate of drug-likeness (QED) is 0.432. The maximum absolute atomic E-state index is 13.2. The number of hydrogen-bond acceptors (Lipinski definition) is 3. The summed E-state index contributed by atoms with van der Waals surface area (Å²) in [5, 5.41) is 0.0707. The van der Waals surface area contributed by atoms with E-state index in [9.17, 15) is 9.18 Å². The van der Waals surface area contributed by atoms with Crippen molar-refractivity contribution in [1.29, 1.82) is 0 Å². The van der Waals surface area contributed by atoms with Gasteiger partial charge in [0.2, 0.25) is 5.83 Å². The van der Waals surface area contributed by atoms with Gasteiger partial charge in [-0.3, -0.25) is 0 Å². The van der Waals surface area contributed by atoms with Crippen molar-refractivity contribution in [2.45, 2.75) is 45.8 Å². The largest absolute Gasteiger partial charge is 0.461 e. The predicted molar refractivity (Wildman–Crippen MR) is 69.0 cm³/mol. The summed E-state index contributed by atoms with van der Waals surface area (Å²) in [4.78, 5) is 11.0. The molecule has 100 valence electrons. The Bertz CT molecular complexity index is 293. The normalized spacial score (nSPS) is 13.7. The number of ether oxygens (including phenoxy) is 1. The van der Waals surface area contributed by atoms with Crippen LogP contribution in [0.4, 0.5) is 4.39 Å². The summed E-state index contributed by atoms with van der Waals surface area (Å²) in [5.74, 6) is -1.81. The molecule has 5 heteroatoms. The summed E-state index contributed by atoms with van der Waals surface area (Å²) < 4.78 is 23.4. The summed E-state index contributed by atoms with van der Waals surface area (Å²) in [6.07, 6.45) is 1.14. The highest BCUT2D eigenvalue weighted by Crippen LogP contribution is 2.36. The van der Waals surface area contributed by atoms with Crippen LogP contribution in [-0.4, -0.2) is 27.5 Å². The molecule has 0 aliphatic rings. The van der Waals surface area contributed by atoms with Gasteiger partial charge in [-0.05, 0) is 31.1 Å². The Labute approximate surface area is 104 Å². The van der Waals surface area contributed by atoms with Crippen LogP contribution in [0, 0.1) is 0 Å². The van der Waals surface area contributed by atoms with E-state index in [1.807, 2.05) is 0 Å². The second-order valence-corrected chi connectivity index (χ2v) is 10.2. The highest BCUT2D eigenvalue weighted by molar-refractivity contribution is 6.74. The van der Waals surface area contributed by atoms with Gasteiger partial charge < -0.3 is 9.16 Å². The van der Waals surface area contributed by atoms with Crippen LogP contribution in [-0.2, 0) is 14.0 Å². The SMILES string of the molecule is CCOC(=O)/C(F)=C/CO[Si](C)(C)C(C)(C)C. The summed E-state index contributed by atoms with van der Waals surface area (Å²) in [7, 11) is -1.89. The van der Waals surface area contributed by atoms with E-state index in [0.29, 0.717) is 0 Å². The molecule has 0 aliphatic heterocycles. The molecule has 0 aliphatic carbocycles. The molecule has 0 N–H and O–H groups in total. The van der Waals surface area contributed by atoms with Crippen molar-refractivity contribution in [2.24, 2.45) is 0 Å². The van der Waals surface area contributed by atoms with Crippen LogP contribution >= 0.6 is 0 Å². The predicted octanol–water partition coefficient (Wildman–Crippen LogP) is 3.42. The Morgan fingerprint density at radius 3 is 2.29 bits per heavy atom. The molecule has 0 radical (unpaired) electrons. The fraction of sp³-hybridized carbons (Fsp3) is 0.750. The minimum absolute atomic E-state index is 0.0707. The Morgan fingerprint density at radius 2 is 1.88 bits per heavy atom. The van der Waals surface area contributed by atoms with Gasteiger partial charge in [0.05, 0.1) is 13.2 Å². The van der Waals surface area contributed by atoms with Crippen LogP contribution in [0.25, 0.3) is 0 Å². The molecule has 0 fully saturated rings. The number of hydrogen-bond donors (Lipinski definition) is 0. The lowest BCUT2D eigenvalue weighted by atomic mass is 10.2. The van der Waals surface area contributed by atoms with Crippen molar-refractivity contribution in [1.82, 2.24) is 0 Å². The summed E-state index contributed by atoms with van der Waals surface area (Å²) >= 11 is 0. The van der Waals surface area contributed by atoms with Crippen molar-refractivity contribution in [3.05, 3.63) is 11.9 Å². The minimum atomic E-state index is -1.89. The first-order valence-electron chi connectivity index (χ1n) is 5.78. The molecular weight excluding hydrogens is 239 g/mol. The van der Waals surface area contributed by atoms with Gasteiger partial charge in [0.25, 0.3) is 0 Å². The maximum atomic E-state index is 13.2. The molecular formula is C12H23FO3Si. The average molecular weight is 262 g/mol. The van der Waals surface area contributed by atoms with Gasteiger partial charge in [-0.2, -0.15) is 4.39 Å². The number of esters is 1. The monoisotopic (exact) mass is 262 g/mol. The molecule has 0 heterocycles. The fourth-order valence-electron chi connectivity index (χ4n) is 0.823. The van der Waals surface area contributed by atoms with Gasteiger partial charge in [0.15, 0.2) is 8.32 Å². The van der Waals surface area contributed by atoms with Gasteiger partial charge in [-0.1, -0.05) is 20.8 Å². The van der Waals surface area contributed by atoms with Gasteiger partial charge in [0, 0.05) is 0 Å². The maximum Gasteiger partial charge on any atom is 0.366 e. The number of halogens is 1. The average Bonchev–Trinajstić information content (AvgIpc) is 2.15. The Hall–Kier alpha value is -0.683. The van der Waals surface area contributed by atoms with Crippen molar-refractivity contribution < 1.29 is 18.3 Å². The number of carbonyl (C=O) groups excluding carboxylic acids is 1. The molecule has 0 rings (SSSR count). The lowest BCUT2D eigenvalue weighted by molar-refractivity contribution is -0.140. The fourth-order valence-corrected chi connectivity index (χ4v) is 1.76. The minimum Gasteiger partial charge on any atom is -0.461 e. The molecule has 17 heavy (non-hydrogen) atoms. The second-order valence-electron chi connectivity index (χ2n) is 5.34. The zero-order valence-corrected chi connectivity index (χ0v) is 12.6. The summed E-state index contributed by atoms with van der Waals surface area (Å²) in [6.45, 7) is 12.4. The van der Waals surface area contributed by atoms with E-state index < -0.39 is 20.1 Å². The topological polar surface area (TPSA) is 35.5 Å². The number of rotatable bonds is 5. The zero-order valence-electron chi connectivity index (χ0n) is 11.6. The molecule has 0 aromatic heterocycles. The van der Waals surface area contributed by atoms with E-state index in [-0.39, 0.29) is 18.3 Å². The van der Waals surface area contributed by atoms with Crippen LogP contribution in [0.2, 0.25) is 18.1 Å². The lowest BCUT2D eigenvalue weighted by Gasteiger charge is -2.35. The molecule has 0 saturated heterocycles. The molecule has 0 saturated carbocycles. The standard InChI is InChI=1S/C12H23FO3Si/c1-7-15-11(14)10(13)8-9-16-17(5,6)12(2,3)4/h8H,7,9H2,1-6H3/b10-8-. The Balaban J connectivity index is 4.32. The first-order valence-corrected chi connectivity index (χ1v) is 8.69. The van der Waals surface area contributed by atoms with E-state index in [1.165, 1.54) is 0 Å². The Morgan fingerprint density at radius 1 is 1.35 bits per heavy atom. The van der Waals surface area contributed by atoms with Crippen molar-refractivity contribution >= 4 is 14.3 Å². The first kappa shape index (κ1) is 16.3. The van der Waals surface area contributed by atoms with Gasteiger partial charge in [-0.15, -0.1) is 0 Å². The third kappa shape index (κ3) is 5.45. The van der Waals surface area contributed by atoms with Crippen molar-refractivity contribution in [3.8, 4) is 0 Å². The highest BCUT2D eigenvalue weighted by atomic mass is 28.4. The van der Waals surface area contributed by atoms with Crippen LogP contribution in [0.15, 0.2) is 11.9 Å². The lowest BCUT2D eigenvalue weighted by Crippen LogP contribution is -2.40. The summed E-state index contributed by atoms with van der Waals surface area (Å²) in [6, 6.07) is 0. The van der Waals surface area contributed by atoms with E-state index in [0.717, 1.165) is 6.08 Å². The zero-order chi connectivity index (χ0) is 13.7. The van der Waals surface area contributed by atoms with E-state index >= 15 is 0 Å². The molecule has 0 bridgehead atoms. The van der Waals surface area contributed by atoms with Crippen LogP contribution in [0.3, 0.4) is 0 Å². The first-order chi connectivity index (χ1) is 7.62. The van der Waals surface area contributed by atoms with Crippen LogP contribution in [0.1, 0.15) is 27.7 Å². The molecule has 0 aromatic carbocycles. The molecule has 0 amide bonds. The van der Waals surface area contributed by atoms with Crippen molar-refractivity contribution in [3.63, 3.8) is 0 Å². The van der Waals surface area contributed by atoms with Gasteiger partial charge in [-0.25, -0.2) is 4.79 Å². The second kappa shape index (κ2) is 6.30. The van der Waals surface area contributed by atoms with Gasteiger partial charge in [0.1, 0.15) is 0 Å². The van der Waals surface area contributed by atoms with Crippen LogP contribution < -0.4 is 0 Å². The molecule has 0 aromatic rings. The van der Waals surface area contributed by atoms with Crippen molar-refractivity contribution in [2.75, 3.05) is 13.2 Å². The van der Waals surface area contributed by atoms with Gasteiger partial charge >= 0.3 is 5.97 Å². The molecule has 3 nitrogen and oxygen atoms in total. The Kier molecular flexibility index (Phi) is 6.05. The molecule has 0 atom stereocenters. The smallest absolute Gasteiger partial charge is 0.366 e.